The van der Waals surface area contributed by atoms with E-state index in [0.717, 1.165) is 25.9 Å². The van der Waals surface area contributed by atoms with E-state index in [-0.39, 0.29) is 11.7 Å². The predicted molar refractivity (Wildman–Crippen MR) is 53.8 cm³/mol. The second-order valence-electron chi connectivity index (χ2n) is 4.09. The molecule has 15 heavy (non-hydrogen) atoms. The number of ketones is 1. The van der Waals surface area contributed by atoms with Crippen molar-refractivity contribution in [3.8, 4) is 0 Å². The lowest BCUT2D eigenvalue weighted by molar-refractivity contribution is 0.0972. The fourth-order valence-corrected chi connectivity index (χ4v) is 1.81. The van der Waals surface area contributed by atoms with Gasteiger partial charge in [0.15, 0.2) is 5.82 Å². The molecule has 0 aromatic carbocycles. The molecule has 1 saturated heterocycles. The molecule has 1 aromatic rings. The smallest absolute Gasteiger partial charge is 0.293 e. The molecular formula is C10H15N3O2. The van der Waals surface area contributed by atoms with Gasteiger partial charge in [-0.2, -0.15) is 4.98 Å². The van der Waals surface area contributed by atoms with Crippen molar-refractivity contribution in [3.63, 3.8) is 0 Å². The van der Waals surface area contributed by atoms with Crippen molar-refractivity contribution in [1.29, 1.82) is 0 Å². The van der Waals surface area contributed by atoms with Gasteiger partial charge in [-0.05, 0) is 33.0 Å². The summed E-state index contributed by atoms with van der Waals surface area (Å²) < 4.78 is 4.88. The first-order chi connectivity index (χ1) is 7.16. The number of aromatic nitrogens is 2. The van der Waals surface area contributed by atoms with Crippen LogP contribution in [0.1, 0.15) is 42.2 Å². The fraction of sp³-hybridized carbons (Fsp3) is 0.700. The maximum atomic E-state index is 11.0. The molecule has 0 aliphatic carbocycles. The summed E-state index contributed by atoms with van der Waals surface area (Å²) in [5, 5.41) is 3.86. The van der Waals surface area contributed by atoms with E-state index in [1.807, 2.05) is 0 Å². The van der Waals surface area contributed by atoms with Crippen LogP contribution in [0.3, 0.4) is 0 Å². The summed E-state index contributed by atoms with van der Waals surface area (Å²) in [4.78, 5) is 17.4. The third kappa shape index (κ3) is 2.23. The van der Waals surface area contributed by atoms with E-state index in [4.69, 9.17) is 4.52 Å². The van der Waals surface area contributed by atoms with Gasteiger partial charge in [0, 0.05) is 12.8 Å². The second-order valence-corrected chi connectivity index (χ2v) is 4.09. The van der Waals surface area contributed by atoms with Crippen molar-refractivity contribution in [3.05, 3.63) is 11.7 Å². The summed E-state index contributed by atoms with van der Waals surface area (Å²) in [5.74, 6) is 0.997. The SMILES string of the molecule is CC(=O)c1nc(C2CCN(C)CC2)no1. The average molecular weight is 209 g/mol. The van der Waals surface area contributed by atoms with Gasteiger partial charge in [-0.3, -0.25) is 4.79 Å². The van der Waals surface area contributed by atoms with E-state index in [2.05, 4.69) is 22.1 Å². The summed E-state index contributed by atoms with van der Waals surface area (Å²) >= 11 is 0. The number of Topliss-reactive ketones (excluding diaryl/α,β-unsaturated/α-hetero) is 1. The van der Waals surface area contributed by atoms with E-state index >= 15 is 0 Å². The highest BCUT2D eigenvalue weighted by Gasteiger charge is 2.23. The van der Waals surface area contributed by atoms with Crippen LogP contribution in [0.5, 0.6) is 0 Å². The van der Waals surface area contributed by atoms with Crippen LogP contribution < -0.4 is 0 Å². The molecule has 82 valence electrons. The van der Waals surface area contributed by atoms with Crippen LogP contribution in [0, 0.1) is 0 Å². The molecule has 0 unspecified atom stereocenters. The monoisotopic (exact) mass is 209 g/mol. The molecule has 0 saturated carbocycles. The second kappa shape index (κ2) is 4.10. The number of carbonyl (C=O) groups is 1. The molecule has 5 nitrogen and oxygen atoms in total. The van der Waals surface area contributed by atoms with E-state index in [1.165, 1.54) is 6.92 Å². The third-order valence-corrected chi connectivity index (χ3v) is 2.83. The van der Waals surface area contributed by atoms with Crippen LogP contribution in [0.15, 0.2) is 4.52 Å². The van der Waals surface area contributed by atoms with Crippen LogP contribution in [-0.4, -0.2) is 41.0 Å². The number of hydrogen-bond acceptors (Lipinski definition) is 5. The van der Waals surface area contributed by atoms with Crippen LogP contribution in [0.2, 0.25) is 0 Å². The van der Waals surface area contributed by atoms with Gasteiger partial charge >= 0.3 is 0 Å². The number of piperidine rings is 1. The van der Waals surface area contributed by atoms with E-state index < -0.39 is 0 Å². The van der Waals surface area contributed by atoms with E-state index in [1.54, 1.807) is 0 Å². The van der Waals surface area contributed by atoms with Crippen molar-refractivity contribution in [2.45, 2.75) is 25.7 Å². The highest BCUT2D eigenvalue weighted by molar-refractivity contribution is 5.89. The summed E-state index contributed by atoms with van der Waals surface area (Å²) in [5.41, 5.74) is 0. The molecule has 2 heterocycles. The lowest BCUT2D eigenvalue weighted by Crippen LogP contribution is -2.29. The minimum absolute atomic E-state index is 0.129. The minimum Gasteiger partial charge on any atom is -0.331 e. The highest BCUT2D eigenvalue weighted by Crippen LogP contribution is 2.24. The normalized spacial score (nSPS) is 19.3. The topological polar surface area (TPSA) is 59.2 Å². The molecule has 0 atom stereocenters. The molecule has 0 amide bonds. The van der Waals surface area contributed by atoms with Gasteiger partial charge in [-0.25, -0.2) is 0 Å². The van der Waals surface area contributed by atoms with Gasteiger partial charge in [0.2, 0.25) is 5.78 Å². The van der Waals surface area contributed by atoms with Gasteiger partial charge < -0.3 is 9.42 Å². The zero-order valence-electron chi connectivity index (χ0n) is 9.06. The average Bonchev–Trinajstić information content (AvgIpc) is 2.68. The fourth-order valence-electron chi connectivity index (χ4n) is 1.81. The Morgan fingerprint density at radius 2 is 2.13 bits per heavy atom. The zero-order chi connectivity index (χ0) is 10.8. The first-order valence-corrected chi connectivity index (χ1v) is 5.20. The Kier molecular flexibility index (Phi) is 2.81. The van der Waals surface area contributed by atoms with E-state index in [0.29, 0.717) is 11.7 Å². The molecule has 0 spiro atoms. The van der Waals surface area contributed by atoms with Crippen LogP contribution in [0.25, 0.3) is 0 Å². The van der Waals surface area contributed by atoms with Crippen LogP contribution >= 0.6 is 0 Å². The van der Waals surface area contributed by atoms with Crippen LogP contribution in [-0.2, 0) is 0 Å². The number of carbonyl (C=O) groups excluding carboxylic acids is 1. The molecule has 1 aliphatic heterocycles. The predicted octanol–water partition coefficient (Wildman–Crippen LogP) is 1.08. The Morgan fingerprint density at radius 3 is 2.67 bits per heavy atom. The Bertz CT molecular complexity index is 353. The number of nitrogens with zero attached hydrogens (tertiary/aromatic N) is 3. The maximum absolute atomic E-state index is 11.0. The Balaban J connectivity index is 2.06. The number of hydrogen-bond donors (Lipinski definition) is 0. The molecule has 2 rings (SSSR count). The standard InChI is InChI=1S/C10H15N3O2/c1-7(14)10-11-9(12-15-10)8-3-5-13(2)6-4-8/h8H,3-6H2,1-2H3. The third-order valence-electron chi connectivity index (χ3n) is 2.83. The lowest BCUT2D eigenvalue weighted by Gasteiger charge is -2.26. The van der Waals surface area contributed by atoms with Gasteiger partial charge in [-0.15, -0.1) is 0 Å². The molecule has 0 bridgehead atoms. The molecule has 1 fully saturated rings. The number of likely N-dealkylation sites (tertiary alicyclic amines) is 1. The molecule has 0 radical (unpaired) electrons. The summed E-state index contributed by atoms with van der Waals surface area (Å²) in [7, 11) is 2.10. The number of rotatable bonds is 2. The molecular weight excluding hydrogens is 194 g/mol. The first kappa shape index (κ1) is 10.3. The van der Waals surface area contributed by atoms with Crippen molar-refractivity contribution in [1.82, 2.24) is 15.0 Å². The van der Waals surface area contributed by atoms with E-state index in [9.17, 15) is 4.79 Å². The Hall–Kier alpha value is -1.23. The molecule has 1 aromatic heterocycles. The largest absolute Gasteiger partial charge is 0.331 e. The minimum atomic E-state index is -0.165. The Labute approximate surface area is 88.5 Å². The zero-order valence-corrected chi connectivity index (χ0v) is 9.06. The highest BCUT2D eigenvalue weighted by atomic mass is 16.5. The van der Waals surface area contributed by atoms with Crippen molar-refractivity contribution < 1.29 is 9.32 Å². The summed E-state index contributed by atoms with van der Waals surface area (Å²) in [6.45, 7) is 3.54. The first-order valence-electron chi connectivity index (χ1n) is 5.20. The lowest BCUT2D eigenvalue weighted by atomic mass is 9.97. The summed E-state index contributed by atoms with van der Waals surface area (Å²) in [6.07, 6.45) is 2.07. The van der Waals surface area contributed by atoms with Crippen molar-refractivity contribution in [2.24, 2.45) is 0 Å². The van der Waals surface area contributed by atoms with Crippen molar-refractivity contribution >= 4 is 5.78 Å². The van der Waals surface area contributed by atoms with Gasteiger partial charge in [0.1, 0.15) is 0 Å². The molecule has 5 heteroatoms. The van der Waals surface area contributed by atoms with Gasteiger partial charge in [-0.1, -0.05) is 5.16 Å². The van der Waals surface area contributed by atoms with Crippen LogP contribution in [0.4, 0.5) is 0 Å². The van der Waals surface area contributed by atoms with Gasteiger partial charge in [0.25, 0.3) is 5.89 Å². The molecule has 1 aliphatic rings. The Morgan fingerprint density at radius 1 is 1.47 bits per heavy atom. The van der Waals surface area contributed by atoms with Gasteiger partial charge in [0.05, 0.1) is 0 Å². The van der Waals surface area contributed by atoms with Crippen molar-refractivity contribution in [2.75, 3.05) is 20.1 Å². The summed E-state index contributed by atoms with van der Waals surface area (Å²) in [6, 6.07) is 0. The molecule has 0 N–H and O–H groups in total. The quantitative estimate of drug-likeness (QED) is 0.682. The maximum Gasteiger partial charge on any atom is 0.293 e.